The van der Waals surface area contributed by atoms with Crippen molar-refractivity contribution in [1.82, 2.24) is 15.0 Å². The van der Waals surface area contributed by atoms with Crippen LogP contribution in [0.4, 0.5) is 0 Å². The second-order valence-electron chi connectivity index (χ2n) is 5.39. The zero-order valence-electron chi connectivity index (χ0n) is 12.5. The zero-order valence-corrected chi connectivity index (χ0v) is 13.3. The van der Waals surface area contributed by atoms with Gasteiger partial charge < -0.3 is 14.2 Å². The number of hydrogen-bond acceptors (Lipinski definition) is 6. The molecule has 2 aromatic rings. The molecule has 1 aliphatic heterocycles. The molecule has 1 aliphatic rings. The van der Waals surface area contributed by atoms with Crippen molar-refractivity contribution in [3.63, 3.8) is 0 Å². The summed E-state index contributed by atoms with van der Waals surface area (Å²) in [5.41, 5.74) is 1.06. The van der Waals surface area contributed by atoms with Crippen LogP contribution in [0.25, 0.3) is 0 Å². The molecule has 1 atom stereocenters. The first-order chi connectivity index (χ1) is 10.8. The molecule has 7 heteroatoms. The minimum absolute atomic E-state index is 0.113. The van der Waals surface area contributed by atoms with Crippen LogP contribution in [0, 0.1) is 0 Å². The van der Waals surface area contributed by atoms with Crippen LogP contribution in [0.15, 0.2) is 21.3 Å². The molecule has 6 nitrogen and oxygen atoms in total. The lowest BCUT2D eigenvalue weighted by atomic mass is 10.0. The number of thiophene rings is 1. The van der Waals surface area contributed by atoms with E-state index in [-0.39, 0.29) is 11.9 Å². The Morgan fingerprint density at radius 1 is 1.55 bits per heavy atom. The Morgan fingerprint density at radius 2 is 2.45 bits per heavy atom. The van der Waals surface area contributed by atoms with Crippen molar-refractivity contribution in [2.75, 3.05) is 13.7 Å². The van der Waals surface area contributed by atoms with Crippen LogP contribution in [0.1, 0.15) is 42.6 Å². The molecule has 1 saturated heterocycles. The molecule has 1 fully saturated rings. The summed E-state index contributed by atoms with van der Waals surface area (Å²) < 4.78 is 10.3. The molecule has 0 bridgehead atoms. The van der Waals surface area contributed by atoms with Gasteiger partial charge in [0, 0.05) is 13.7 Å². The number of rotatable bonds is 5. The number of amides is 1. The summed E-state index contributed by atoms with van der Waals surface area (Å²) >= 11 is 1.61. The van der Waals surface area contributed by atoms with E-state index in [0.29, 0.717) is 24.7 Å². The van der Waals surface area contributed by atoms with Crippen molar-refractivity contribution in [3.8, 4) is 0 Å². The van der Waals surface area contributed by atoms with Gasteiger partial charge in [-0.05, 0) is 41.7 Å². The normalized spacial score (nSPS) is 18.6. The van der Waals surface area contributed by atoms with E-state index in [9.17, 15) is 4.79 Å². The lowest BCUT2D eigenvalue weighted by Crippen LogP contribution is -2.39. The first-order valence-electron chi connectivity index (χ1n) is 7.40. The molecule has 3 rings (SSSR count). The van der Waals surface area contributed by atoms with Gasteiger partial charge in [0.1, 0.15) is 12.6 Å². The van der Waals surface area contributed by atoms with Crippen LogP contribution >= 0.6 is 11.3 Å². The summed E-state index contributed by atoms with van der Waals surface area (Å²) in [6.07, 6.45) is 3.38. The third kappa shape index (κ3) is 3.36. The van der Waals surface area contributed by atoms with Crippen molar-refractivity contribution < 1.29 is 14.1 Å². The molecule has 0 saturated carbocycles. The minimum Gasteiger partial charge on any atom is -0.377 e. The average Bonchev–Trinajstić information content (AvgIpc) is 3.19. The Morgan fingerprint density at radius 3 is 3.23 bits per heavy atom. The van der Waals surface area contributed by atoms with Gasteiger partial charge in [-0.3, -0.25) is 4.79 Å². The first-order valence-corrected chi connectivity index (χ1v) is 8.34. The summed E-state index contributed by atoms with van der Waals surface area (Å²) in [5, 5.41) is 7.91. The largest absolute Gasteiger partial charge is 0.377 e. The third-order valence-corrected chi connectivity index (χ3v) is 4.53. The van der Waals surface area contributed by atoms with E-state index in [2.05, 4.69) is 10.1 Å². The van der Waals surface area contributed by atoms with E-state index in [0.717, 1.165) is 31.4 Å². The Kier molecular flexibility index (Phi) is 4.84. The highest BCUT2D eigenvalue weighted by molar-refractivity contribution is 7.07. The number of carbonyl (C=O) groups excluding carboxylic acids is 1. The minimum atomic E-state index is -0.113. The van der Waals surface area contributed by atoms with Crippen molar-refractivity contribution in [2.24, 2.45) is 0 Å². The molecule has 0 N–H and O–H groups in total. The van der Waals surface area contributed by atoms with Gasteiger partial charge in [-0.1, -0.05) is 5.16 Å². The number of methoxy groups -OCH3 is 1. The Labute approximate surface area is 133 Å². The van der Waals surface area contributed by atoms with Gasteiger partial charge in [-0.25, -0.2) is 0 Å². The van der Waals surface area contributed by atoms with E-state index < -0.39 is 0 Å². The maximum atomic E-state index is 12.6. The lowest BCUT2D eigenvalue weighted by molar-refractivity contribution is -0.135. The quantitative estimate of drug-likeness (QED) is 0.846. The van der Waals surface area contributed by atoms with Crippen LogP contribution in [-0.4, -0.2) is 34.6 Å². The third-order valence-electron chi connectivity index (χ3n) is 3.80. The molecule has 2 aromatic heterocycles. The fourth-order valence-electron chi connectivity index (χ4n) is 2.75. The predicted molar refractivity (Wildman–Crippen MR) is 81.3 cm³/mol. The van der Waals surface area contributed by atoms with Crippen molar-refractivity contribution in [2.45, 2.75) is 38.3 Å². The van der Waals surface area contributed by atoms with Gasteiger partial charge in [-0.15, -0.1) is 0 Å². The lowest BCUT2D eigenvalue weighted by Gasteiger charge is -2.33. The molecule has 0 spiro atoms. The van der Waals surface area contributed by atoms with Gasteiger partial charge in [0.15, 0.2) is 5.82 Å². The molecule has 3 heterocycles. The average molecular weight is 321 g/mol. The Bertz CT molecular complexity index is 611. The molecule has 0 radical (unpaired) electrons. The monoisotopic (exact) mass is 321 g/mol. The second-order valence-corrected chi connectivity index (χ2v) is 6.17. The van der Waals surface area contributed by atoms with Gasteiger partial charge >= 0.3 is 0 Å². The number of nitrogens with zero attached hydrogens (tertiary/aromatic N) is 3. The highest BCUT2D eigenvalue weighted by atomic mass is 32.1. The summed E-state index contributed by atoms with van der Waals surface area (Å²) in [5.74, 6) is 1.16. The molecule has 118 valence electrons. The van der Waals surface area contributed by atoms with Gasteiger partial charge in [-0.2, -0.15) is 16.3 Å². The Hall–Kier alpha value is -1.73. The Balaban J connectivity index is 1.73. The molecular weight excluding hydrogens is 302 g/mol. The van der Waals surface area contributed by atoms with Crippen molar-refractivity contribution in [3.05, 3.63) is 34.1 Å². The smallest absolute Gasteiger partial charge is 0.249 e. The molecule has 1 unspecified atom stereocenters. The molecule has 22 heavy (non-hydrogen) atoms. The standard InChI is InChI=1S/C15H19N3O3S/c1-20-9-13-16-15(21-17-13)12-4-2-3-6-18(12)14(19)8-11-5-7-22-10-11/h5,7,10,12H,2-4,6,8-9H2,1H3. The highest BCUT2D eigenvalue weighted by Crippen LogP contribution is 2.30. The topological polar surface area (TPSA) is 68.5 Å². The fraction of sp³-hybridized carbons (Fsp3) is 0.533. The number of aromatic nitrogens is 2. The number of carbonyl (C=O) groups is 1. The number of hydrogen-bond donors (Lipinski definition) is 0. The predicted octanol–water partition coefficient (Wildman–Crippen LogP) is 2.57. The molecule has 0 aromatic carbocycles. The van der Waals surface area contributed by atoms with E-state index in [4.69, 9.17) is 9.26 Å². The number of ether oxygens (including phenoxy) is 1. The zero-order chi connectivity index (χ0) is 15.4. The van der Waals surface area contributed by atoms with E-state index in [1.165, 1.54) is 0 Å². The highest BCUT2D eigenvalue weighted by Gasteiger charge is 2.32. The number of piperidine rings is 1. The van der Waals surface area contributed by atoms with Crippen molar-refractivity contribution in [1.29, 1.82) is 0 Å². The van der Waals surface area contributed by atoms with Gasteiger partial charge in [0.05, 0.1) is 6.42 Å². The molecule has 1 amide bonds. The van der Waals surface area contributed by atoms with E-state index in [1.54, 1.807) is 18.4 Å². The van der Waals surface area contributed by atoms with Gasteiger partial charge in [0.25, 0.3) is 0 Å². The van der Waals surface area contributed by atoms with Crippen LogP contribution in [0.5, 0.6) is 0 Å². The fourth-order valence-corrected chi connectivity index (χ4v) is 3.42. The second kappa shape index (κ2) is 7.02. The van der Waals surface area contributed by atoms with Crippen LogP contribution in [0.3, 0.4) is 0 Å². The number of likely N-dealkylation sites (tertiary alicyclic amines) is 1. The summed E-state index contributed by atoms with van der Waals surface area (Å²) in [4.78, 5) is 18.8. The van der Waals surface area contributed by atoms with Crippen LogP contribution in [0.2, 0.25) is 0 Å². The summed E-state index contributed by atoms with van der Waals surface area (Å²) in [7, 11) is 1.59. The first kappa shape index (κ1) is 15.2. The van der Waals surface area contributed by atoms with Crippen molar-refractivity contribution >= 4 is 17.2 Å². The van der Waals surface area contributed by atoms with E-state index >= 15 is 0 Å². The van der Waals surface area contributed by atoms with Crippen LogP contribution < -0.4 is 0 Å². The molecule has 0 aliphatic carbocycles. The maximum Gasteiger partial charge on any atom is 0.249 e. The maximum absolute atomic E-state index is 12.6. The van der Waals surface area contributed by atoms with Crippen LogP contribution in [-0.2, 0) is 22.6 Å². The molecular formula is C15H19N3O3S. The summed E-state index contributed by atoms with van der Waals surface area (Å²) in [6.45, 7) is 1.06. The van der Waals surface area contributed by atoms with E-state index in [1.807, 2.05) is 21.7 Å². The SMILES string of the molecule is COCc1noc(C2CCCCN2C(=O)Cc2ccsc2)n1. The van der Waals surface area contributed by atoms with Gasteiger partial charge in [0.2, 0.25) is 11.8 Å². The summed E-state index contributed by atoms with van der Waals surface area (Å²) in [6, 6.07) is 1.88.